The number of nitrogens with one attached hydrogen (secondary N) is 1. The van der Waals surface area contributed by atoms with Crippen molar-refractivity contribution in [1.29, 1.82) is 0 Å². The van der Waals surface area contributed by atoms with E-state index in [2.05, 4.69) is 24.8 Å². The van der Waals surface area contributed by atoms with Crippen LogP contribution in [0, 0.1) is 0 Å². The number of aromatic amines is 1. The van der Waals surface area contributed by atoms with Crippen molar-refractivity contribution >= 4 is 17.0 Å². The summed E-state index contributed by atoms with van der Waals surface area (Å²) in [5, 5.41) is 0. The van der Waals surface area contributed by atoms with Crippen LogP contribution in [0.2, 0.25) is 0 Å². The molecule has 0 radical (unpaired) electrons. The van der Waals surface area contributed by atoms with Crippen LogP contribution < -0.4 is 9.64 Å². The van der Waals surface area contributed by atoms with Gasteiger partial charge in [0.1, 0.15) is 24.2 Å². The van der Waals surface area contributed by atoms with Crippen LogP contribution in [0.1, 0.15) is 12.8 Å². The van der Waals surface area contributed by atoms with Crippen LogP contribution >= 0.6 is 0 Å². The van der Waals surface area contributed by atoms with Gasteiger partial charge in [0.15, 0.2) is 11.5 Å². The Kier molecular flexibility index (Phi) is 3.34. The largest absolute Gasteiger partial charge is 0.491 e. The monoisotopic (exact) mass is 295 g/mol. The van der Waals surface area contributed by atoms with E-state index in [9.17, 15) is 0 Å². The lowest BCUT2D eigenvalue weighted by molar-refractivity contribution is 0.288. The number of anilines is 1. The Morgan fingerprint density at radius 2 is 2.09 bits per heavy atom. The summed E-state index contributed by atoms with van der Waals surface area (Å²) < 4.78 is 5.92. The van der Waals surface area contributed by atoms with Crippen LogP contribution in [-0.4, -0.2) is 39.1 Å². The molecule has 1 fully saturated rings. The van der Waals surface area contributed by atoms with E-state index in [1.165, 1.54) is 0 Å². The maximum atomic E-state index is 5.92. The van der Waals surface area contributed by atoms with E-state index in [1.807, 2.05) is 30.3 Å². The third kappa shape index (κ3) is 2.36. The highest BCUT2D eigenvalue weighted by Crippen LogP contribution is 2.28. The van der Waals surface area contributed by atoms with Gasteiger partial charge in [0.2, 0.25) is 0 Å². The number of benzene rings is 1. The van der Waals surface area contributed by atoms with Gasteiger partial charge in [-0.05, 0) is 25.0 Å². The van der Waals surface area contributed by atoms with Crippen molar-refractivity contribution in [3.8, 4) is 5.75 Å². The molecular formula is C16H17N5O. The van der Waals surface area contributed by atoms with Crippen molar-refractivity contribution in [2.75, 3.05) is 18.1 Å². The minimum atomic E-state index is 0.321. The first-order chi connectivity index (χ1) is 10.9. The molecule has 6 heteroatoms. The molecule has 4 rings (SSSR count). The lowest BCUT2D eigenvalue weighted by Gasteiger charge is -2.25. The first-order valence-electron chi connectivity index (χ1n) is 7.50. The lowest BCUT2D eigenvalue weighted by Crippen LogP contribution is -2.35. The van der Waals surface area contributed by atoms with Crippen LogP contribution in [0.5, 0.6) is 5.75 Å². The summed E-state index contributed by atoms with van der Waals surface area (Å²) in [4.78, 5) is 18.3. The number of hydrogen-bond acceptors (Lipinski definition) is 5. The van der Waals surface area contributed by atoms with Crippen molar-refractivity contribution in [2.45, 2.75) is 18.9 Å². The smallest absolute Gasteiger partial charge is 0.182 e. The number of ether oxygens (including phenoxy) is 1. The maximum absolute atomic E-state index is 5.92. The predicted molar refractivity (Wildman–Crippen MR) is 84.0 cm³/mol. The third-order valence-electron chi connectivity index (χ3n) is 4.04. The Morgan fingerprint density at radius 3 is 3.00 bits per heavy atom. The second-order valence-corrected chi connectivity index (χ2v) is 5.41. The average molecular weight is 295 g/mol. The fourth-order valence-corrected chi connectivity index (χ4v) is 2.97. The lowest BCUT2D eigenvalue weighted by atomic mass is 10.2. The van der Waals surface area contributed by atoms with Crippen molar-refractivity contribution in [3.05, 3.63) is 43.0 Å². The number of para-hydroxylation sites is 1. The summed E-state index contributed by atoms with van der Waals surface area (Å²) in [5.41, 5.74) is 1.61. The van der Waals surface area contributed by atoms with E-state index < -0.39 is 0 Å². The normalized spacial score (nSPS) is 18.0. The summed E-state index contributed by atoms with van der Waals surface area (Å²) in [7, 11) is 0. The average Bonchev–Trinajstić information content (AvgIpc) is 3.22. The maximum Gasteiger partial charge on any atom is 0.182 e. The summed E-state index contributed by atoms with van der Waals surface area (Å²) in [6, 6.07) is 10.3. The number of H-pyrrole nitrogens is 1. The Morgan fingerprint density at radius 1 is 1.18 bits per heavy atom. The molecule has 0 spiro atoms. The summed E-state index contributed by atoms with van der Waals surface area (Å²) in [6.07, 6.45) is 5.48. The van der Waals surface area contributed by atoms with Crippen LogP contribution in [0.25, 0.3) is 11.2 Å². The van der Waals surface area contributed by atoms with E-state index >= 15 is 0 Å². The zero-order chi connectivity index (χ0) is 14.8. The number of fused-ring (bicyclic) bond motifs is 1. The molecule has 22 heavy (non-hydrogen) atoms. The Bertz CT molecular complexity index is 757. The molecule has 0 saturated carbocycles. The summed E-state index contributed by atoms with van der Waals surface area (Å²) in [5.74, 6) is 1.82. The molecular weight excluding hydrogens is 278 g/mol. The summed E-state index contributed by atoms with van der Waals surface area (Å²) in [6.45, 7) is 1.64. The quantitative estimate of drug-likeness (QED) is 0.800. The minimum Gasteiger partial charge on any atom is -0.491 e. The predicted octanol–water partition coefficient (Wildman–Crippen LogP) is 2.40. The van der Waals surface area contributed by atoms with Gasteiger partial charge < -0.3 is 14.6 Å². The molecule has 1 N–H and O–H groups in total. The highest BCUT2D eigenvalue weighted by molar-refractivity contribution is 5.82. The van der Waals surface area contributed by atoms with Gasteiger partial charge in [-0.1, -0.05) is 18.2 Å². The molecule has 1 aliphatic heterocycles. The topological polar surface area (TPSA) is 66.9 Å². The molecule has 1 atom stereocenters. The molecule has 2 aromatic heterocycles. The van der Waals surface area contributed by atoms with Gasteiger partial charge in [-0.15, -0.1) is 0 Å². The van der Waals surface area contributed by atoms with Crippen LogP contribution in [0.4, 0.5) is 5.82 Å². The molecule has 1 saturated heterocycles. The number of aromatic nitrogens is 4. The van der Waals surface area contributed by atoms with E-state index in [0.29, 0.717) is 18.3 Å². The zero-order valence-corrected chi connectivity index (χ0v) is 12.1. The standard InChI is InChI=1S/C16H17N5O/c1-2-6-13(7-3-1)22-9-12-5-4-8-21(12)16-14-15(18-10-17-14)19-11-20-16/h1-3,6-7,10-12H,4-5,8-9H2,(H,17,18,19,20)/t12-/m1/s1. The van der Waals surface area contributed by atoms with Crippen molar-refractivity contribution < 1.29 is 4.74 Å². The molecule has 3 aromatic rings. The molecule has 3 heterocycles. The number of rotatable bonds is 4. The molecule has 0 amide bonds. The first-order valence-corrected chi connectivity index (χ1v) is 7.50. The molecule has 1 aromatic carbocycles. The second-order valence-electron chi connectivity index (χ2n) is 5.41. The SMILES string of the molecule is c1ccc(OC[C@H]2CCCN2c2ncnc3nc[nH]c23)cc1. The van der Waals surface area contributed by atoms with Crippen LogP contribution in [0.15, 0.2) is 43.0 Å². The molecule has 1 aliphatic rings. The second kappa shape index (κ2) is 5.63. The molecule has 0 unspecified atom stereocenters. The Hall–Kier alpha value is -2.63. The number of imidazole rings is 1. The van der Waals surface area contributed by atoms with E-state index in [1.54, 1.807) is 12.7 Å². The first kappa shape index (κ1) is 13.1. The van der Waals surface area contributed by atoms with Gasteiger partial charge in [0.05, 0.1) is 12.4 Å². The van der Waals surface area contributed by atoms with Crippen molar-refractivity contribution in [3.63, 3.8) is 0 Å². The third-order valence-corrected chi connectivity index (χ3v) is 4.04. The fourth-order valence-electron chi connectivity index (χ4n) is 2.97. The van der Waals surface area contributed by atoms with Gasteiger partial charge in [-0.25, -0.2) is 15.0 Å². The van der Waals surface area contributed by atoms with Crippen LogP contribution in [0.3, 0.4) is 0 Å². The van der Waals surface area contributed by atoms with E-state index in [-0.39, 0.29) is 0 Å². The number of nitrogens with zero attached hydrogens (tertiary/aromatic N) is 4. The Labute approximate surface area is 128 Å². The van der Waals surface area contributed by atoms with Gasteiger partial charge >= 0.3 is 0 Å². The fraction of sp³-hybridized carbons (Fsp3) is 0.312. The summed E-state index contributed by atoms with van der Waals surface area (Å²) >= 11 is 0. The highest BCUT2D eigenvalue weighted by Gasteiger charge is 2.28. The molecule has 6 nitrogen and oxygen atoms in total. The minimum absolute atomic E-state index is 0.321. The van der Waals surface area contributed by atoms with E-state index in [4.69, 9.17) is 4.74 Å². The van der Waals surface area contributed by atoms with Gasteiger partial charge in [-0.3, -0.25) is 0 Å². The van der Waals surface area contributed by atoms with Crippen LogP contribution in [-0.2, 0) is 0 Å². The van der Waals surface area contributed by atoms with Crippen molar-refractivity contribution in [1.82, 2.24) is 19.9 Å². The van der Waals surface area contributed by atoms with Gasteiger partial charge in [0.25, 0.3) is 0 Å². The van der Waals surface area contributed by atoms with Crippen molar-refractivity contribution in [2.24, 2.45) is 0 Å². The van der Waals surface area contributed by atoms with E-state index in [0.717, 1.165) is 36.5 Å². The van der Waals surface area contributed by atoms with Gasteiger partial charge in [0, 0.05) is 6.54 Å². The van der Waals surface area contributed by atoms with Gasteiger partial charge in [-0.2, -0.15) is 0 Å². The highest BCUT2D eigenvalue weighted by atomic mass is 16.5. The number of hydrogen-bond donors (Lipinski definition) is 1. The molecule has 0 bridgehead atoms. The molecule has 112 valence electrons. The molecule has 0 aliphatic carbocycles. The zero-order valence-electron chi connectivity index (χ0n) is 12.1. The Balaban J connectivity index is 1.55.